The second-order valence-corrected chi connectivity index (χ2v) is 6.52. The molecule has 0 atom stereocenters. The molecule has 0 amide bonds. The minimum Gasteiger partial charge on any atom is -0.307 e. The van der Waals surface area contributed by atoms with Crippen molar-refractivity contribution in [2.24, 2.45) is 0 Å². The molecule has 0 aliphatic carbocycles. The monoisotopic (exact) mass is 353 g/mol. The number of nitrogens with zero attached hydrogens (tertiary/aromatic N) is 5. The summed E-state index contributed by atoms with van der Waals surface area (Å²) in [6.07, 6.45) is 7.62. The predicted molar refractivity (Wildman–Crippen MR) is 96.9 cm³/mol. The first kappa shape index (κ1) is 15.8. The summed E-state index contributed by atoms with van der Waals surface area (Å²) in [5.41, 5.74) is 2.58. The fraction of sp³-hybridized carbons (Fsp3) is 0.167. The second-order valence-electron chi connectivity index (χ2n) is 5.65. The van der Waals surface area contributed by atoms with E-state index < -0.39 is 0 Å². The second kappa shape index (κ2) is 6.68. The number of benzene rings is 1. The summed E-state index contributed by atoms with van der Waals surface area (Å²) in [4.78, 5) is 9.13. The third-order valence-electron chi connectivity index (χ3n) is 3.87. The predicted octanol–water partition coefficient (Wildman–Crippen LogP) is 3.64. The van der Waals surface area contributed by atoms with E-state index in [2.05, 4.69) is 10.1 Å². The van der Waals surface area contributed by atoms with Gasteiger partial charge in [0.2, 0.25) is 0 Å². The van der Waals surface area contributed by atoms with Crippen molar-refractivity contribution in [1.82, 2.24) is 24.1 Å². The van der Waals surface area contributed by atoms with Crippen LogP contribution in [0.4, 0.5) is 4.39 Å². The molecule has 0 unspecified atom stereocenters. The number of pyridine rings is 1. The van der Waals surface area contributed by atoms with Crippen LogP contribution in [-0.2, 0) is 12.3 Å². The van der Waals surface area contributed by atoms with E-state index in [1.54, 1.807) is 24.0 Å². The number of halogens is 1. The third-order valence-corrected chi connectivity index (χ3v) is 4.42. The lowest BCUT2D eigenvalue weighted by molar-refractivity contribution is 0.619. The van der Waals surface area contributed by atoms with E-state index in [4.69, 9.17) is 4.98 Å². The number of rotatable bonds is 5. The molecular weight excluding hydrogens is 337 g/mol. The van der Waals surface area contributed by atoms with Crippen molar-refractivity contribution in [3.8, 4) is 11.4 Å². The number of fused-ring (bicyclic) bond motifs is 1. The van der Waals surface area contributed by atoms with E-state index in [9.17, 15) is 4.39 Å². The molecule has 0 saturated carbocycles. The van der Waals surface area contributed by atoms with Gasteiger partial charge in [-0.1, -0.05) is 12.1 Å². The fourth-order valence-corrected chi connectivity index (χ4v) is 3.20. The van der Waals surface area contributed by atoms with Gasteiger partial charge in [0.15, 0.2) is 11.6 Å². The van der Waals surface area contributed by atoms with Gasteiger partial charge in [-0.3, -0.25) is 0 Å². The smallest absolute Gasteiger partial charge is 0.162 e. The number of hydrogen-bond acceptors (Lipinski definition) is 4. The summed E-state index contributed by atoms with van der Waals surface area (Å²) in [5.74, 6) is 1.97. The van der Waals surface area contributed by atoms with E-state index in [-0.39, 0.29) is 5.82 Å². The van der Waals surface area contributed by atoms with Gasteiger partial charge in [-0.25, -0.2) is 19.0 Å². The Morgan fingerprint density at radius 3 is 2.92 bits per heavy atom. The highest BCUT2D eigenvalue weighted by atomic mass is 32.2. The van der Waals surface area contributed by atoms with E-state index >= 15 is 0 Å². The summed E-state index contributed by atoms with van der Waals surface area (Å²) < 4.78 is 17.3. The summed E-state index contributed by atoms with van der Waals surface area (Å²) in [7, 11) is 0. The zero-order chi connectivity index (χ0) is 17.2. The maximum Gasteiger partial charge on any atom is 0.162 e. The lowest BCUT2D eigenvalue weighted by Crippen LogP contribution is -2.05. The molecule has 4 rings (SSSR count). The van der Waals surface area contributed by atoms with E-state index in [1.165, 1.54) is 12.1 Å². The van der Waals surface area contributed by atoms with Crippen molar-refractivity contribution in [1.29, 1.82) is 0 Å². The van der Waals surface area contributed by atoms with Crippen molar-refractivity contribution >= 4 is 17.4 Å². The zero-order valence-electron chi connectivity index (χ0n) is 13.6. The first-order valence-electron chi connectivity index (χ1n) is 7.84. The molecule has 1 aromatic carbocycles. The number of aromatic nitrogens is 5. The zero-order valence-corrected chi connectivity index (χ0v) is 14.4. The van der Waals surface area contributed by atoms with Crippen LogP contribution < -0.4 is 0 Å². The average molecular weight is 353 g/mol. The maximum atomic E-state index is 13.5. The molecule has 126 valence electrons. The van der Waals surface area contributed by atoms with Crippen molar-refractivity contribution < 1.29 is 4.39 Å². The molecule has 25 heavy (non-hydrogen) atoms. The summed E-state index contributed by atoms with van der Waals surface area (Å²) in [5, 5.41) is 4.62. The average Bonchev–Trinajstić information content (AvgIpc) is 3.22. The van der Waals surface area contributed by atoms with Crippen LogP contribution in [0.5, 0.6) is 0 Å². The van der Waals surface area contributed by atoms with Gasteiger partial charge in [-0.05, 0) is 36.1 Å². The number of thioether (sulfide) groups is 1. The lowest BCUT2D eigenvalue weighted by atomic mass is 10.2. The van der Waals surface area contributed by atoms with E-state index in [0.29, 0.717) is 6.54 Å². The highest BCUT2D eigenvalue weighted by Crippen LogP contribution is 2.23. The summed E-state index contributed by atoms with van der Waals surface area (Å²) in [6.45, 7) is 0.455. The Balaban J connectivity index is 1.82. The Morgan fingerprint density at radius 1 is 1.16 bits per heavy atom. The van der Waals surface area contributed by atoms with Crippen LogP contribution in [0.25, 0.3) is 17.0 Å². The lowest BCUT2D eigenvalue weighted by Gasteiger charge is -2.07. The van der Waals surface area contributed by atoms with Crippen molar-refractivity contribution in [3.63, 3.8) is 0 Å². The molecule has 5 nitrogen and oxygen atoms in total. The molecule has 4 aromatic rings. The van der Waals surface area contributed by atoms with Gasteiger partial charge in [0.1, 0.15) is 11.5 Å². The van der Waals surface area contributed by atoms with Crippen LogP contribution in [0.1, 0.15) is 11.4 Å². The van der Waals surface area contributed by atoms with Gasteiger partial charge in [0.25, 0.3) is 0 Å². The molecule has 0 aliphatic rings. The molecule has 0 N–H and O–H groups in total. The fourth-order valence-electron chi connectivity index (χ4n) is 2.82. The molecule has 0 fully saturated rings. The third kappa shape index (κ3) is 3.15. The minimum absolute atomic E-state index is 0.251. The van der Waals surface area contributed by atoms with Gasteiger partial charge in [-0.2, -0.15) is 16.9 Å². The van der Waals surface area contributed by atoms with Gasteiger partial charge >= 0.3 is 0 Å². The Morgan fingerprint density at radius 2 is 2.08 bits per heavy atom. The van der Waals surface area contributed by atoms with Crippen LogP contribution in [0, 0.1) is 5.82 Å². The van der Waals surface area contributed by atoms with Gasteiger partial charge in [0.05, 0.1) is 17.9 Å². The number of hydrogen-bond donors (Lipinski definition) is 0. The van der Waals surface area contributed by atoms with Gasteiger partial charge in [0, 0.05) is 18.6 Å². The summed E-state index contributed by atoms with van der Waals surface area (Å²) >= 11 is 1.67. The minimum atomic E-state index is -0.251. The maximum absolute atomic E-state index is 13.5. The Hall–Kier alpha value is -2.67. The largest absolute Gasteiger partial charge is 0.307 e. The van der Waals surface area contributed by atoms with Crippen molar-refractivity contribution in [2.75, 3.05) is 6.26 Å². The quantitative estimate of drug-likeness (QED) is 0.550. The SMILES string of the molecule is CSCc1nc(-c2cccn3ccnc23)n(Cc2cccc(F)c2)n1. The summed E-state index contributed by atoms with van der Waals surface area (Å²) in [6, 6.07) is 10.5. The standard InChI is InChI=1S/C18H16FN5S/c1-25-12-16-21-18(15-6-3-8-23-9-7-20-17(15)23)24(22-16)11-13-4-2-5-14(19)10-13/h2-10H,11-12H2,1H3. The first-order valence-corrected chi connectivity index (χ1v) is 9.23. The first-order chi connectivity index (χ1) is 12.2. The molecule has 3 aromatic heterocycles. The topological polar surface area (TPSA) is 48.0 Å². The van der Waals surface area contributed by atoms with Gasteiger partial charge < -0.3 is 4.40 Å². The molecule has 0 saturated heterocycles. The van der Waals surface area contributed by atoms with Gasteiger partial charge in [-0.15, -0.1) is 0 Å². The molecular formula is C18H16FN5S. The molecule has 0 aliphatic heterocycles. The van der Waals surface area contributed by atoms with Crippen molar-refractivity contribution in [2.45, 2.75) is 12.3 Å². The Kier molecular flexibility index (Phi) is 4.23. The molecule has 3 heterocycles. The highest BCUT2D eigenvalue weighted by Gasteiger charge is 2.16. The Bertz CT molecular complexity index is 1020. The van der Waals surface area contributed by atoms with Crippen LogP contribution in [0.2, 0.25) is 0 Å². The van der Waals surface area contributed by atoms with Crippen LogP contribution in [-0.4, -0.2) is 30.4 Å². The normalized spacial score (nSPS) is 11.3. The van der Waals surface area contributed by atoms with Crippen LogP contribution in [0.3, 0.4) is 0 Å². The van der Waals surface area contributed by atoms with E-state index in [0.717, 1.165) is 34.2 Å². The molecule has 0 spiro atoms. The molecule has 0 radical (unpaired) electrons. The Labute approximate surface area is 148 Å². The van der Waals surface area contributed by atoms with Crippen LogP contribution in [0.15, 0.2) is 55.0 Å². The molecule has 0 bridgehead atoms. The van der Waals surface area contributed by atoms with Crippen LogP contribution >= 0.6 is 11.8 Å². The molecule has 7 heteroatoms. The van der Waals surface area contributed by atoms with E-state index in [1.807, 2.05) is 45.9 Å². The highest BCUT2D eigenvalue weighted by molar-refractivity contribution is 7.97. The van der Waals surface area contributed by atoms with Crippen molar-refractivity contribution in [3.05, 3.63) is 72.2 Å². The number of imidazole rings is 1.